The first-order valence-corrected chi connectivity index (χ1v) is 7.61. The second-order valence-corrected chi connectivity index (χ2v) is 6.11. The molecule has 0 spiro atoms. The molecule has 0 saturated heterocycles. The molecule has 0 amide bonds. The lowest BCUT2D eigenvalue weighted by atomic mass is 10.3. The molecule has 1 aromatic carbocycles. The minimum atomic E-state index is -3.75. The molecule has 0 aliphatic heterocycles. The molecule has 3 N–H and O–H groups in total. The van der Waals surface area contributed by atoms with Gasteiger partial charge in [0.25, 0.3) is 10.0 Å². The fraction of sp³-hybridized carbons (Fsp3) is 0.231. The largest absolute Gasteiger partial charge is 0.399 e. The molecule has 0 unspecified atom stereocenters. The number of rotatable bonds is 5. The highest BCUT2D eigenvalue weighted by Gasteiger charge is 2.16. The van der Waals surface area contributed by atoms with Crippen molar-refractivity contribution in [3.8, 4) is 0 Å². The minimum Gasteiger partial charge on any atom is -0.399 e. The highest BCUT2D eigenvalue weighted by atomic mass is 32.2. The molecule has 0 bridgehead atoms. The zero-order chi connectivity index (χ0) is 15.5. The van der Waals surface area contributed by atoms with E-state index < -0.39 is 10.0 Å². The Morgan fingerprint density at radius 2 is 1.90 bits per heavy atom. The summed E-state index contributed by atoms with van der Waals surface area (Å²) in [5.41, 5.74) is 7.27. The number of anilines is 2. The first-order valence-electron chi connectivity index (χ1n) is 6.12. The molecular formula is C13H16N4O3S. The average Bonchev–Trinajstić information content (AvgIpc) is 2.38. The lowest BCUT2D eigenvalue weighted by Crippen LogP contribution is -2.16. The number of methoxy groups -OCH3 is 1. The van der Waals surface area contributed by atoms with Crippen LogP contribution in [0.3, 0.4) is 0 Å². The number of hydrogen-bond donors (Lipinski definition) is 2. The first-order chi connectivity index (χ1) is 9.90. The average molecular weight is 308 g/mol. The smallest absolute Gasteiger partial charge is 0.264 e. The van der Waals surface area contributed by atoms with Crippen molar-refractivity contribution in [3.63, 3.8) is 0 Å². The predicted molar refractivity (Wildman–Crippen MR) is 79.1 cm³/mol. The van der Waals surface area contributed by atoms with Crippen molar-refractivity contribution >= 4 is 21.7 Å². The van der Waals surface area contributed by atoms with E-state index >= 15 is 0 Å². The van der Waals surface area contributed by atoms with Gasteiger partial charge in [-0.25, -0.2) is 23.1 Å². The van der Waals surface area contributed by atoms with Crippen molar-refractivity contribution in [1.29, 1.82) is 0 Å². The Kier molecular flexibility index (Phi) is 4.39. The van der Waals surface area contributed by atoms with E-state index in [1.165, 1.54) is 31.4 Å². The van der Waals surface area contributed by atoms with Crippen LogP contribution in [0.25, 0.3) is 0 Å². The fourth-order valence-electron chi connectivity index (χ4n) is 1.73. The predicted octanol–water partition coefficient (Wildman–Crippen LogP) is 1.31. The van der Waals surface area contributed by atoms with Gasteiger partial charge >= 0.3 is 0 Å². The topological polar surface area (TPSA) is 107 Å². The number of hydrogen-bond acceptors (Lipinski definition) is 6. The molecule has 1 heterocycles. The number of benzene rings is 1. The molecule has 8 heteroatoms. The minimum absolute atomic E-state index is 0.0128. The van der Waals surface area contributed by atoms with Crippen LogP contribution in [0.5, 0.6) is 0 Å². The molecule has 1 aromatic heterocycles. The third kappa shape index (κ3) is 3.89. The summed E-state index contributed by atoms with van der Waals surface area (Å²) in [7, 11) is -2.21. The van der Waals surface area contributed by atoms with Gasteiger partial charge in [0.2, 0.25) is 5.95 Å². The molecule has 0 saturated carbocycles. The van der Waals surface area contributed by atoms with Crippen LogP contribution in [0.1, 0.15) is 11.4 Å². The molecule has 7 nitrogen and oxygen atoms in total. The fourth-order valence-corrected chi connectivity index (χ4v) is 2.67. The van der Waals surface area contributed by atoms with Crippen LogP contribution in [-0.2, 0) is 21.4 Å². The van der Waals surface area contributed by atoms with Crippen LogP contribution in [0.2, 0.25) is 0 Å². The van der Waals surface area contributed by atoms with Crippen molar-refractivity contribution in [2.75, 3.05) is 17.6 Å². The third-order valence-electron chi connectivity index (χ3n) is 2.62. The summed E-state index contributed by atoms with van der Waals surface area (Å²) >= 11 is 0. The molecular weight excluding hydrogens is 292 g/mol. The molecule has 0 aliphatic rings. The van der Waals surface area contributed by atoms with Gasteiger partial charge in [-0.15, -0.1) is 0 Å². The van der Waals surface area contributed by atoms with E-state index in [-0.39, 0.29) is 17.5 Å². The summed E-state index contributed by atoms with van der Waals surface area (Å²) in [5.74, 6) is 0.0128. The molecule has 21 heavy (non-hydrogen) atoms. The second kappa shape index (κ2) is 6.06. The summed E-state index contributed by atoms with van der Waals surface area (Å²) < 4.78 is 31.8. The normalized spacial score (nSPS) is 11.3. The van der Waals surface area contributed by atoms with E-state index in [1.807, 2.05) is 0 Å². The van der Waals surface area contributed by atoms with Gasteiger partial charge < -0.3 is 10.5 Å². The maximum atomic E-state index is 12.2. The molecule has 2 rings (SSSR count). The van der Waals surface area contributed by atoms with Gasteiger partial charge in [-0.3, -0.25) is 0 Å². The summed E-state index contributed by atoms with van der Waals surface area (Å²) in [5, 5.41) is 0. The first kappa shape index (κ1) is 15.2. The maximum Gasteiger partial charge on any atom is 0.264 e. The number of nitrogen functional groups attached to an aromatic ring is 1. The highest BCUT2D eigenvalue weighted by Crippen LogP contribution is 2.15. The Balaban J connectivity index is 2.30. The maximum absolute atomic E-state index is 12.2. The highest BCUT2D eigenvalue weighted by molar-refractivity contribution is 7.92. The summed E-state index contributed by atoms with van der Waals surface area (Å²) in [4.78, 5) is 8.26. The van der Waals surface area contributed by atoms with Crippen molar-refractivity contribution in [2.24, 2.45) is 0 Å². The van der Waals surface area contributed by atoms with Gasteiger partial charge in [0.15, 0.2) is 0 Å². The van der Waals surface area contributed by atoms with E-state index in [4.69, 9.17) is 10.5 Å². The van der Waals surface area contributed by atoms with Crippen LogP contribution in [0, 0.1) is 6.92 Å². The van der Waals surface area contributed by atoms with E-state index in [2.05, 4.69) is 14.7 Å². The molecule has 0 aliphatic carbocycles. The molecule has 0 atom stereocenters. The number of nitrogens with zero attached hydrogens (tertiary/aromatic N) is 2. The van der Waals surface area contributed by atoms with Crippen LogP contribution < -0.4 is 10.5 Å². The summed E-state index contributed by atoms with van der Waals surface area (Å²) in [6.45, 7) is 2.03. The van der Waals surface area contributed by atoms with Gasteiger partial charge in [0.05, 0.1) is 17.2 Å². The SMILES string of the molecule is COCc1cc(C)nc(NS(=O)(=O)c2ccc(N)cc2)n1. The number of nitrogens with two attached hydrogens (primary N) is 1. The van der Waals surface area contributed by atoms with Crippen LogP contribution in [0.4, 0.5) is 11.6 Å². The summed E-state index contributed by atoms with van der Waals surface area (Å²) in [6, 6.07) is 7.60. The monoisotopic (exact) mass is 308 g/mol. The Hall–Kier alpha value is -2.19. The lowest BCUT2D eigenvalue weighted by molar-refractivity contribution is 0.181. The second-order valence-electron chi connectivity index (χ2n) is 4.43. The molecule has 2 aromatic rings. The number of sulfonamides is 1. The number of aryl methyl sites for hydroxylation is 1. The van der Waals surface area contributed by atoms with Crippen molar-refractivity contribution in [2.45, 2.75) is 18.4 Å². The van der Waals surface area contributed by atoms with E-state index in [0.717, 1.165) is 0 Å². The van der Waals surface area contributed by atoms with Gasteiger partial charge in [-0.2, -0.15) is 0 Å². The Bertz CT molecular complexity index is 730. The van der Waals surface area contributed by atoms with Crippen molar-refractivity contribution < 1.29 is 13.2 Å². The lowest BCUT2D eigenvalue weighted by Gasteiger charge is -2.09. The Labute approximate surface area is 123 Å². The van der Waals surface area contributed by atoms with Crippen LogP contribution in [0.15, 0.2) is 35.2 Å². The number of nitrogens with one attached hydrogen (secondary N) is 1. The van der Waals surface area contributed by atoms with Crippen LogP contribution in [-0.4, -0.2) is 25.5 Å². The van der Waals surface area contributed by atoms with E-state index in [0.29, 0.717) is 17.1 Å². The van der Waals surface area contributed by atoms with E-state index in [1.54, 1.807) is 13.0 Å². The van der Waals surface area contributed by atoms with E-state index in [9.17, 15) is 8.42 Å². The number of aromatic nitrogens is 2. The van der Waals surface area contributed by atoms with Gasteiger partial charge in [0.1, 0.15) is 0 Å². The Morgan fingerprint density at radius 3 is 2.52 bits per heavy atom. The zero-order valence-corrected chi connectivity index (χ0v) is 12.5. The zero-order valence-electron chi connectivity index (χ0n) is 11.7. The van der Waals surface area contributed by atoms with Crippen molar-refractivity contribution in [3.05, 3.63) is 41.7 Å². The Morgan fingerprint density at radius 1 is 1.24 bits per heavy atom. The van der Waals surface area contributed by atoms with Gasteiger partial charge in [-0.05, 0) is 37.3 Å². The standard InChI is InChI=1S/C13H16N4O3S/c1-9-7-11(8-20-2)16-13(15-9)17-21(18,19)12-5-3-10(14)4-6-12/h3-7H,8,14H2,1-2H3,(H,15,16,17). The molecule has 0 fully saturated rings. The molecule has 112 valence electrons. The quantitative estimate of drug-likeness (QED) is 0.807. The van der Waals surface area contributed by atoms with Crippen molar-refractivity contribution in [1.82, 2.24) is 9.97 Å². The molecule has 0 radical (unpaired) electrons. The van der Waals surface area contributed by atoms with Gasteiger partial charge in [0, 0.05) is 18.5 Å². The van der Waals surface area contributed by atoms with Gasteiger partial charge in [-0.1, -0.05) is 0 Å². The third-order valence-corrected chi connectivity index (χ3v) is 3.96. The number of ether oxygens (including phenoxy) is 1. The van der Waals surface area contributed by atoms with Crippen LogP contribution >= 0.6 is 0 Å². The summed E-state index contributed by atoms with van der Waals surface area (Å²) in [6.07, 6.45) is 0.